The molecule has 0 saturated heterocycles. The molecule has 0 aliphatic carbocycles. The van der Waals surface area contributed by atoms with Crippen molar-refractivity contribution < 1.29 is 32.0 Å². The predicted octanol–water partition coefficient (Wildman–Crippen LogP) is 5.25. The average Bonchev–Trinajstić information content (AvgIpc) is 2.69. The number of unbranched alkanes of at least 4 members (excludes halogenated alkanes) is 10. The van der Waals surface area contributed by atoms with Gasteiger partial charge in [-0.15, -0.1) is 0 Å². The van der Waals surface area contributed by atoms with Crippen molar-refractivity contribution in [1.82, 2.24) is 0 Å². The predicted molar refractivity (Wildman–Crippen MR) is 122 cm³/mol. The molecule has 0 aromatic carbocycles. The molecule has 0 fully saturated rings. The van der Waals surface area contributed by atoms with Gasteiger partial charge in [-0.2, -0.15) is 0 Å². The second-order valence-electron chi connectivity index (χ2n) is 8.13. The largest absolute Gasteiger partial charge is 0.472 e. The van der Waals surface area contributed by atoms with Crippen LogP contribution in [0.15, 0.2) is 0 Å². The first-order valence-electron chi connectivity index (χ1n) is 11.7. The minimum absolute atomic E-state index is 0.0321. The normalized spacial score (nSPS) is 15.2. The van der Waals surface area contributed by atoms with Gasteiger partial charge in [-0.05, 0) is 18.8 Å². The Morgan fingerprint density at radius 1 is 0.833 bits per heavy atom. The quantitative estimate of drug-likeness (QED) is 0.163. The lowest BCUT2D eigenvalue weighted by Gasteiger charge is -2.19. The Morgan fingerprint density at radius 3 is 1.93 bits per heavy atom. The molecule has 2 atom stereocenters. The van der Waals surface area contributed by atoms with Crippen LogP contribution in [-0.4, -0.2) is 49.7 Å². The number of phosphoric acid groups is 1. The van der Waals surface area contributed by atoms with E-state index in [1.54, 1.807) is 0 Å². The van der Waals surface area contributed by atoms with Crippen LogP contribution < -0.4 is 0 Å². The Morgan fingerprint density at radius 2 is 1.37 bits per heavy atom. The molecular weight excluding hydrogens is 427 g/mol. The first-order valence-corrected chi connectivity index (χ1v) is 15.0. The fraction of sp³-hybridized carbons (Fsp3) is 1.00. The van der Waals surface area contributed by atoms with E-state index in [1.165, 1.54) is 25.7 Å². The van der Waals surface area contributed by atoms with E-state index in [0.717, 1.165) is 44.9 Å². The van der Waals surface area contributed by atoms with Gasteiger partial charge < -0.3 is 10.00 Å². The molecule has 0 aromatic rings. The molecule has 182 valence electrons. The van der Waals surface area contributed by atoms with Crippen LogP contribution in [0.2, 0.25) is 0 Å². The third-order valence-corrected chi connectivity index (χ3v) is 7.96. The highest BCUT2D eigenvalue weighted by molar-refractivity contribution is 7.91. The number of hydrogen-bond acceptors (Lipinski definition) is 6. The summed E-state index contributed by atoms with van der Waals surface area (Å²) in [4.78, 5) is 9.63. The highest BCUT2D eigenvalue weighted by Crippen LogP contribution is 2.43. The highest BCUT2D eigenvalue weighted by Gasteiger charge is 2.25. The third-order valence-electron chi connectivity index (χ3n) is 5.08. The van der Waals surface area contributed by atoms with Crippen LogP contribution in [0, 0.1) is 5.92 Å². The summed E-state index contributed by atoms with van der Waals surface area (Å²) in [7, 11) is -7.51. The molecule has 0 saturated carbocycles. The molecule has 0 aliphatic heterocycles. The van der Waals surface area contributed by atoms with Crippen LogP contribution in [0.5, 0.6) is 0 Å². The van der Waals surface area contributed by atoms with Gasteiger partial charge in [0, 0.05) is 0 Å². The zero-order chi connectivity index (χ0) is 22.7. The standard InChI is InChI=1S/C21H45O7PS/c1-3-5-7-9-10-11-12-14-18-30(25,26)20-21(15-13-8-6-4-2)19-28-29(23,24)27-17-16-22/h21-22H,3-20H2,1-2H3,(H,23,24). The molecule has 0 amide bonds. The summed E-state index contributed by atoms with van der Waals surface area (Å²) in [6.45, 7) is 3.47. The molecular formula is C21H45O7PS. The molecule has 30 heavy (non-hydrogen) atoms. The van der Waals surface area contributed by atoms with Gasteiger partial charge in [0.2, 0.25) is 0 Å². The Hall–Kier alpha value is 0.0200. The molecule has 0 aromatic heterocycles. The SMILES string of the molecule is CCCCCCCCCCS(=O)(=O)CC(CCCCCC)COP(=O)(O)OCCO. The molecule has 7 nitrogen and oxygen atoms in total. The summed E-state index contributed by atoms with van der Waals surface area (Å²) in [6, 6.07) is 0. The van der Waals surface area contributed by atoms with Gasteiger partial charge in [0.1, 0.15) is 0 Å². The van der Waals surface area contributed by atoms with Crippen LogP contribution >= 0.6 is 7.82 Å². The van der Waals surface area contributed by atoms with Crippen molar-refractivity contribution in [2.45, 2.75) is 97.3 Å². The number of aliphatic hydroxyl groups is 1. The first-order chi connectivity index (χ1) is 14.3. The van der Waals surface area contributed by atoms with Crippen molar-refractivity contribution in [1.29, 1.82) is 0 Å². The molecule has 0 rings (SSSR count). The monoisotopic (exact) mass is 472 g/mol. The molecule has 9 heteroatoms. The van der Waals surface area contributed by atoms with Crippen molar-refractivity contribution in [2.75, 3.05) is 31.3 Å². The number of aliphatic hydroxyl groups excluding tert-OH is 1. The molecule has 0 aliphatic rings. The minimum Gasteiger partial charge on any atom is -0.394 e. The minimum atomic E-state index is -4.27. The van der Waals surface area contributed by atoms with E-state index in [2.05, 4.69) is 18.4 Å². The van der Waals surface area contributed by atoms with E-state index in [-0.39, 0.29) is 37.2 Å². The maximum atomic E-state index is 12.5. The summed E-state index contributed by atoms with van der Waals surface area (Å²) in [5, 5.41) is 8.71. The molecule has 2 unspecified atom stereocenters. The molecule has 0 radical (unpaired) electrons. The van der Waals surface area contributed by atoms with Crippen molar-refractivity contribution in [3.8, 4) is 0 Å². The number of sulfone groups is 1. The topological polar surface area (TPSA) is 110 Å². The summed E-state index contributed by atoms with van der Waals surface area (Å²) in [5.74, 6) is -0.208. The maximum absolute atomic E-state index is 12.5. The lowest BCUT2D eigenvalue weighted by atomic mass is 10.0. The van der Waals surface area contributed by atoms with Crippen LogP contribution in [0.4, 0.5) is 0 Å². The molecule has 0 bridgehead atoms. The number of phosphoric ester groups is 1. The Labute approximate surface area is 184 Å². The van der Waals surface area contributed by atoms with Gasteiger partial charge in [0.25, 0.3) is 0 Å². The Kier molecular flexibility index (Phi) is 18.6. The second kappa shape index (κ2) is 18.6. The average molecular weight is 473 g/mol. The second-order valence-corrected chi connectivity index (χ2v) is 11.8. The van der Waals surface area contributed by atoms with Crippen LogP contribution in [0.1, 0.15) is 97.3 Å². The van der Waals surface area contributed by atoms with Crippen molar-refractivity contribution in [2.24, 2.45) is 5.92 Å². The van der Waals surface area contributed by atoms with Gasteiger partial charge in [-0.1, -0.05) is 84.5 Å². The summed E-state index contributed by atoms with van der Waals surface area (Å²) >= 11 is 0. The van der Waals surface area contributed by atoms with Gasteiger partial charge in [0.15, 0.2) is 9.84 Å². The lowest BCUT2D eigenvalue weighted by Crippen LogP contribution is -2.23. The highest BCUT2D eigenvalue weighted by atomic mass is 32.2. The van der Waals surface area contributed by atoms with E-state index in [0.29, 0.717) is 12.8 Å². The molecule has 0 spiro atoms. The number of hydrogen-bond donors (Lipinski definition) is 2. The van der Waals surface area contributed by atoms with Gasteiger partial charge >= 0.3 is 7.82 Å². The molecule has 0 heterocycles. The van der Waals surface area contributed by atoms with Crippen LogP contribution in [0.3, 0.4) is 0 Å². The van der Waals surface area contributed by atoms with Gasteiger partial charge in [-0.3, -0.25) is 9.05 Å². The first kappa shape index (κ1) is 30.0. The third kappa shape index (κ3) is 18.8. The van der Waals surface area contributed by atoms with Crippen LogP contribution in [0.25, 0.3) is 0 Å². The zero-order valence-corrected chi connectivity index (χ0v) is 20.8. The molecule has 2 N–H and O–H groups in total. The summed E-state index contributed by atoms with van der Waals surface area (Å²) < 4.78 is 46.5. The van der Waals surface area contributed by atoms with E-state index < -0.39 is 17.7 Å². The summed E-state index contributed by atoms with van der Waals surface area (Å²) in [5.41, 5.74) is 0. The van der Waals surface area contributed by atoms with E-state index in [9.17, 15) is 17.9 Å². The fourth-order valence-corrected chi connectivity index (χ4v) is 5.94. The van der Waals surface area contributed by atoms with Crippen molar-refractivity contribution in [3.63, 3.8) is 0 Å². The van der Waals surface area contributed by atoms with Gasteiger partial charge in [0.05, 0.1) is 31.3 Å². The van der Waals surface area contributed by atoms with E-state index in [1.807, 2.05) is 0 Å². The Bertz CT molecular complexity index is 539. The van der Waals surface area contributed by atoms with Crippen LogP contribution in [-0.2, 0) is 23.4 Å². The van der Waals surface area contributed by atoms with Crippen molar-refractivity contribution in [3.05, 3.63) is 0 Å². The number of rotatable bonds is 22. The van der Waals surface area contributed by atoms with E-state index in [4.69, 9.17) is 9.63 Å². The fourth-order valence-electron chi connectivity index (χ4n) is 3.37. The summed E-state index contributed by atoms with van der Waals surface area (Å²) in [6.07, 6.45) is 13.4. The Balaban J connectivity index is 4.43. The van der Waals surface area contributed by atoms with Gasteiger partial charge in [-0.25, -0.2) is 13.0 Å². The van der Waals surface area contributed by atoms with Crippen molar-refractivity contribution >= 4 is 17.7 Å². The maximum Gasteiger partial charge on any atom is 0.472 e. The van der Waals surface area contributed by atoms with E-state index >= 15 is 0 Å². The lowest BCUT2D eigenvalue weighted by molar-refractivity contribution is 0.112. The zero-order valence-electron chi connectivity index (χ0n) is 19.1. The smallest absolute Gasteiger partial charge is 0.394 e.